The van der Waals surface area contributed by atoms with Gasteiger partial charge < -0.3 is 16.2 Å². The van der Waals surface area contributed by atoms with Crippen LogP contribution in [0.15, 0.2) is 42.5 Å². The average Bonchev–Trinajstić information content (AvgIpc) is 2.40. The highest BCUT2D eigenvalue weighted by Gasteiger charge is 2.07. The fourth-order valence-corrected chi connectivity index (χ4v) is 1.99. The van der Waals surface area contributed by atoms with Gasteiger partial charge in [0.15, 0.2) is 0 Å². The fraction of sp³-hybridized carbons (Fsp3) is 0.0714. The van der Waals surface area contributed by atoms with Gasteiger partial charge in [-0.1, -0.05) is 0 Å². The minimum absolute atomic E-state index is 0.122. The van der Waals surface area contributed by atoms with E-state index in [1.165, 1.54) is 6.07 Å². The first kappa shape index (κ1) is 13.7. The molecule has 0 aliphatic carbocycles. The molecule has 0 aliphatic heterocycles. The van der Waals surface area contributed by atoms with Gasteiger partial charge in [0.05, 0.1) is 0 Å². The number of nitrogens with one attached hydrogen (secondary N) is 1. The van der Waals surface area contributed by atoms with Crippen LogP contribution in [0.4, 0.5) is 5.69 Å². The molecule has 2 aromatic rings. The molecular formula is C14H13IN2O2. The Bertz CT molecular complexity index is 597. The first-order valence-corrected chi connectivity index (χ1v) is 6.75. The van der Waals surface area contributed by atoms with E-state index in [1.54, 1.807) is 24.3 Å². The average molecular weight is 368 g/mol. The van der Waals surface area contributed by atoms with Crippen LogP contribution >= 0.6 is 22.6 Å². The van der Waals surface area contributed by atoms with Crippen molar-refractivity contribution in [2.75, 3.05) is 5.73 Å². The second kappa shape index (κ2) is 5.92. The van der Waals surface area contributed by atoms with E-state index in [1.807, 2.05) is 12.1 Å². The van der Waals surface area contributed by atoms with Crippen molar-refractivity contribution < 1.29 is 9.90 Å². The lowest BCUT2D eigenvalue weighted by Gasteiger charge is -2.08. The molecule has 0 saturated carbocycles. The predicted molar refractivity (Wildman–Crippen MR) is 82.8 cm³/mol. The predicted octanol–water partition coefficient (Wildman–Crippen LogP) is 2.51. The topological polar surface area (TPSA) is 75.3 Å². The molecule has 2 aromatic carbocycles. The first-order chi connectivity index (χ1) is 9.06. The fourth-order valence-electron chi connectivity index (χ4n) is 1.63. The highest BCUT2D eigenvalue weighted by Crippen LogP contribution is 2.19. The monoisotopic (exact) mass is 368 g/mol. The summed E-state index contributed by atoms with van der Waals surface area (Å²) in [5, 5.41) is 12.4. The summed E-state index contributed by atoms with van der Waals surface area (Å²) in [6, 6.07) is 12.0. The molecule has 1 amide bonds. The van der Waals surface area contributed by atoms with E-state index in [0.717, 1.165) is 3.57 Å². The molecule has 0 saturated heterocycles. The lowest BCUT2D eigenvalue weighted by atomic mass is 10.1. The van der Waals surface area contributed by atoms with Crippen LogP contribution in [-0.2, 0) is 6.54 Å². The van der Waals surface area contributed by atoms with Crippen molar-refractivity contribution in [3.05, 3.63) is 57.2 Å². The molecule has 4 nitrogen and oxygen atoms in total. The van der Waals surface area contributed by atoms with Crippen molar-refractivity contribution in [1.82, 2.24) is 5.32 Å². The van der Waals surface area contributed by atoms with Gasteiger partial charge in [0.2, 0.25) is 0 Å². The molecule has 5 heteroatoms. The minimum atomic E-state index is -0.182. The molecule has 98 valence electrons. The number of aromatic hydroxyl groups is 1. The number of phenolic OH excluding ortho intramolecular Hbond substituents is 1. The van der Waals surface area contributed by atoms with Crippen molar-refractivity contribution in [2.24, 2.45) is 0 Å². The number of hydrogen-bond acceptors (Lipinski definition) is 3. The van der Waals surface area contributed by atoms with Crippen molar-refractivity contribution in [3.63, 3.8) is 0 Å². The molecule has 0 fully saturated rings. The Balaban J connectivity index is 2.04. The Labute approximate surface area is 124 Å². The van der Waals surface area contributed by atoms with Gasteiger partial charge in [-0.2, -0.15) is 0 Å². The summed E-state index contributed by atoms with van der Waals surface area (Å²) in [6.45, 7) is 0.238. The van der Waals surface area contributed by atoms with E-state index in [-0.39, 0.29) is 18.2 Å². The Morgan fingerprint density at radius 1 is 1.21 bits per heavy atom. The van der Waals surface area contributed by atoms with Crippen molar-refractivity contribution in [3.8, 4) is 5.75 Å². The quantitative estimate of drug-likeness (QED) is 0.443. The molecule has 19 heavy (non-hydrogen) atoms. The Kier molecular flexibility index (Phi) is 4.26. The Morgan fingerprint density at radius 3 is 2.58 bits per heavy atom. The number of carbonyl (C=O) groups is 1. The van der Waals surface area contributed by atoms with Crippen LogP contribution < -0.4 is 11.1 Å². The summed E-state index contributed by atoms with van der Waals surface area (Å²) in [7, 11) is 0. The second-order valence-corrected chi connectivity index (χ2v) is 5.32. The van der Waals surface area contributed by atoms with E-state index in [2.05, 4.69) is 27.9 Å². The second-order valence-electron chi connectivity index (χ2n) is 4.08. The van der Waals surface area contributed by atoms with Crippen LogP contribution in [0.2, 0.25) is 0 Å². The molecule has 0 aromatic heterocycles. The van der Waals surface area contributed by atoms with Gasteiger partial charge in [0.1, 0.15) is 5.75 Å². The van der Waals surface area contributed by atoms with Crippen LogP contribution in [0, 0.1) is 3.57 Å². The molecule has 0 aliphatic rings. The third-order valence-electron chi connectivity index (χ3n) is 2.65. The zero-order valence-electron chi connectivity index (χ0n) is 10.1. The number of carbonyl (C=O) groups excluding carboxylic acids is 1. The normalized spacial score (nSPS) is 10.2. The van der Waals surface area contributed by atoms with Gasteiger partial charge in [0, 0.05) is 26.9 Å². The standard InChI is InChI=1S/C14H13IN2O2/c15-11-3-1-9(2-4-11)14(19)17-8-10-7-12(16)5-6-13(10)18/h1-7,18H,8,16H2,(H,17,19). The number of rotatable bonds is 3. The van der Waals surface area contributed by atoms with Crippen LogP contribution in [-0.4, -0.2) is 11.0 Å². The van der Waals surface area contributed by atoms with Crippen molar-refractivity contribution in [2.45, 2.75) is 6.54 Å². The highest BCUT2D eigenvalue weighted by molar-refractivity contribution is 14.1. The number of benzene rings is 2. The molecule has 0 atom stereocenters. The summed E-state index contributed by atoms with van der Waals surface area (Å²) in [5.41, 5.74) is 7.37. The smallest absolute Gasteiger partial charge is 0.251 e. The number of phenols is 1. The van der Waals surface area contributed by atoms with Crippen molar-refractivity contribution >= 4 is 34.2 Å². The van der Waals surface area contributed by atoms with Gasteiger partial charge >= 0.3 is 0 Å². The van der Waals surface area contributed by atoms with Gasteiger partial charge in [-0.25, -0.2) is 0 Å². The Hall–Kier alpha value is -1.76. The van der Waals surface area contributed by atoms with Gasteiger partial charge in [-0.05, 0) is 65.1 Å². The summed E-state index contributed by atoms with van der Waals surface area (Å²) in [6.07, 6.45) is 0. The van der Waals surface area contributed by atoms with Crippen molar-refractivity contribution in [1.29, 1.82) is 0 Å². The summed E-state index contributed by atoms with van der Waals surface area (Å²) >= 11 is 2.18. The van der Waals surface area contributed by atoms with Crippen LogP contribution in [0.25, 0.3) is 0 Å². The van der Waals surface area contributed by atoms with E-state index in [4.69, 9.17) is 5.73 Å². The van der Waals surface area contributed by atoms with Crippen LogP contribution in [0.1, 0.15) is 15.9 Å². The number of nitrogens with two attached hydrogens (primary N) is 1. The minimum Gasteiger partial charge on any atom is -0.508 e. The van der Waals surface area contributed by atoms with Gasteiger partial charge in [-0.15, -0.1) is 0 Å². The lowest BCUT2D eigenvalue weighted by Crippen LogP contribution is -2.22. The molecular weight excluding hydrogens is 355 g/mol. The third-order valence-corrected chi connectivity index (χ3v) is 3.37. The highest BCUT2D eigenvalue weighted by atomic mass is 127. The number of hydrogen-bond donors (Lipinski definition) is 3. The number of anilines is 1. The number of amides is 1. The summed E-state index contributed by atoms with van der Waals surface area (Å²) < 4.78 is 1.07. The number of nitrogen functional groups attached to an aromatic ring is 1. The summed E-state index contributed by atoms with van der Waals surface area (Å²) in [5.74, 6) is -0.0599. The lowest BCUT2D eigenvalue weighted by molar-refractivity contribution is 0.0950. The molecule has 0 bridgehead atoms. The summed E-state index contributed by atoms with van der Waals surface area (Å²) in [4.78, 5) is 11.9. The van der Waals surface area contributed by atoms with E-state index < -0.39 is 0 Å². The van der Waals surface area contributed by atoms with Crippen LogP contribution in [0.5, 0.6) is 5.75 Å². The molecule has 4 N–H and O–H groups in total. The SMILES string of the molecule is Nc1ccc(O)c(CNC(=O)c2ccc(I)cc2)c1. The van der Waals surface area contributed by atoms with E-state index >= 15 is 0 Å². The van der Waals surface area contributed by atoms with Gasteiger partial charge in [-0.3, -0.25) is 4.79 Å². The van der Waals surface area contributed by atoms with Gasteiger partial charge in [0.25, 0.3) is 5.91 Å². The maximum atomic E-state index is 11.9. The first-order valence-electron chi connectivity index (χ1n) is 5.67. The van der Waals surface area contributed by atoms with E-state index in [9.17, 15) is 9.90 Å². The Morgan fingerprint density at radius 2 is 1.89 bits per heavy atom. The molecule has 0 spiro atoms. The van der Waals surface area contributed by atoms with E-state index in [0.29, 0.717) is 16.8 Å². The molecule has 0 unspecified atom stereocenters. The maximum absolute atomic E-state index is 11.9. The zero-order valence-corrected chi connectivity index (χ0v) is 12.2. The number of halogens is 1. The molecule has 0 heterocycles. The maximum Gasteiger partial charge on any atom is 0.251 e. The largest absolute Gasteiger partial charge is 0.508 e. The third kappa shape index (κ3) is 3.60. The van der Waals surface area contributed by atoms with Crippen LogP contribution in [0.3, 0.4) is 0 Å². The zero-order chi connectivity index (χ0) is 13.8. The molecule has 0 radical (unpaired) electrons. The molecule has 2 rings (SSSR count).